The van der Waals surface area contributed by atoms with E-state index in [0.29, 0.717) is 18.3 Å². The van der Waals surface area contributed by atoms with Gasteiger partial charge in [0.1, 0.15) is 12.4 Å². The van der Waals surface area contributed by atoms with Crippen molar-refractivity contribution in [3.05, 3.63) is 69.0 Å². The number of hydrogen-bond donors (Lipinski definition) is 2. The summed E-state index contributed by atoms with van der Waals surface area (Å²) in [6.45, 7) is 0.877. The number of carbonyl (C=O) groups excluding carboxylic acids is 1. The van der Waals surface area contributed by atoms with Crippen LogP contribution in [0.3, 0.4) is 0 Å². The lowest BCUT2D eigenvalue weighted by atomic mass is 10.2. The molecule has 1 aliphatic carbocycles. The first-order valence-corrected chi connectivity index (χ1v) is 8.63. The van der Waals surface area contributed by atoms with Crippen LogP contribution in [0.5, 0.6) is 0 Å². The van der Waals surface area contributed by atoms with Crippen molar-refractivity contribution in [2.24, 2.45) is 0 Å². The van der Waals surface area contributed by atoms with Crippen LogP contribution in [0.15, 0.2) is 42.5 Å². The van der Waals surface area contributed by atoms with E-state index in [1.165, 1.54) is 30.3 Å². The molecule has 3 rings (SSSR count). The molecule has 2 aromatic carbocycles. The highest BCUT2D eigenvalue weighted by atomic mass is 35.5. The van der Waals surface area contributed by atoms with Gasteiger partial charge in [0.15, 0.2) is 6.54 Å². The van der Waals surface area contributed by atoms with E-state index in [9.17, 15) is 19.3 Å². The molecule has 2 aromatic rings. The molecule has 8 heteroatoms. The van der Waals surface area contributed by atoms with E-state index >= 15 is 0 Å². The molecule has 0 spiro atoms. The van der Waals surface area contributed by atoms with Gasteiger partial charge in [-0.15, -0.1) is 0 Å². The molecule has 1 atom stereocenters. The Morgan fingerprint density at radius 1 is 1.27 bits per heavy atom. The number of nitrogens with one attached hydrogen (secondary N) is 2. The Morgan fingerprint density at radius 2 is 1.96 bits per heavy atom. The fourth-order valence-corrected chi connectivity index (χ4v) is 3.05. The molecule has 1 fully saturated rings. The van der Waals surface area contributed by atoms with Crippen molar-refractivity contribution in [2.75, 3.05) is 11.9 Å². The molecule has 0 saturated heterocycles. The maximum Gasteiger partial charge on any atom is 0.279 e. The summed E-state index contributed by atoms with van der Waals surface area (Å²) in [5.74, 6) is -0.503. The standard InChI is InChI=1S/C18H17ClFN3O3/c19-16-9-15(23(25)26)7-8-17(16)21-18(24)11-22(14-5-6-14)10-12-1-3-13(20)4-2-12/h1-4,7-9,14H,5-6,10-11H2,(H,21,24)/p+1. The number of nitrogens with zero attached hydrogens (tertiary/aromatic N) is 1. The summed E-state index contributed by atoms with van der Waals surface area (Å²) >= 11 is 6.01. The predicted molar refractivity (Wildman–Crippen MR) is 95.7 cm³/mol. The summed E-state index contributed by atoms with van der Waals surface area (Å²) in [5, 5.41) is 13.6. The topological polar surface area (TPSA) is 76.7 Å². The zero-order valence-electron chi connectivity index (χ0n) is 13.9. The number of benzene rings is 2. The van der Waals surface area contributed by atoms with Gasteiger partial charge in [-0.25, -0.2) is 4.39 Å². The fraction of sp³-hybridized carbons (Fsp3) is 0.278. The first kappa shape index (κ1) is 18.3. The number of nitro benzene ring substituents is 1. The van der Waals surface area contributed by atoms with Gasteiger partial charge in [0.05, 0.1) is 21.7 Å². The second-order valence-electron chi connectivity index (χ2n) is 6.38. The molecule has 2 N–H and O–H groups in total. The monoisotopic (exact) mass is 378 g/mol. The van der Waals surface area contributed by atoms with Gasteiger partial charge >= 0.3 is 0 Å². The lowest BCUT2D eigenvalue weighted by Crippen LogP contribution is -3.13. The number of carbonyl (C=O) groups is 1. The second kappa shape index (κ2) is 7.80. The average Bonchev–Trinajstić information content (AvgIpc) is 3.43. The highest BCUT2D eigenvalue weighted by Crippen LogP contribution is 2.26. The van der Waals surface area contributed by atoms with Crippen molar-refractivity contribution >= 4 is 28.9 Å². The molecule has 1 unspecified atom stereocenters. The number of nitro groups is 1. The zero-order chi connectivity index (χ0) is 18.7. The zero-order valence-corrected chi connectivity index (χ0v) is 14.6. The van der Waals surface area contributed by atoms with Gasteiger partial charge < -0.3 is 10.2 Å². The number of anilines is 1. The minimum atomic E-state index is -0.543. The lowest BCUT2D eigenvalue weighted by Gasteiger charge is -2.19. The van der Waals surface area contributed by atoms with E-state index < -0.39 is 4.92 Å². The smallest absolute Gasteiger partial charge is 0.279 e. The number of hydrogen-bond acceptors (Lipinski definition) is 3. The molecule has 1 amide bonds. The second-order valence-corrected chi connectivity index (χ2v) is 6.79. The molecule has 1 saturated carbocycles. The lowest BCUT2D eigenvalue weighted by molar-refractivity contribution is -0.916. The number of rotatable bonds is 7. The van der Waals surface area contributed by atoms with E-state index in [0.717, 1.165) is 23.3 Å². The van der Waals surface area contributed by atoms with Crippen LogP contribution in [0.2, 0.25) is 5.02 Å². The molecule has 0 aliphatic heterocycles. The molecular weight excluding hydrogens is 361 g/mol. The van der Waals surface area contributed by atoms with Crippen LogP contribution in [0.4, 0.5) is 15.8 Å². The Balaban J connectivity index is 1.63. The normalized spacial score (nSPS) is 14.7. The van der Waals surface area contributed by atoms with Gasteiger partial charge in [0.2, 0.25) is 0 Å². The molecule has 0 aromatic heterocycles. The Kier molecular flexibility index (Phi) is 5.49. The highest BCUT2D eigenvalue weighted by molar-refractivity contribution is 6.33. The molecule has 0 radical (unpaired) electrons. The predicted octanol–water partition coefficient (Wildman–Crippen LogP) is 2.57. The van der Waals surface area contributed by atoms with Gasteiger partial charge in [-0.3, -0.25) is 14.9 Å². The summed E-state index contributed by atoms with van der Waals surface area (Å²) in [7, 11) is 0. The molecule has 0 heterocycles. The third-order valence-electron chi connectivity index (χ3n) is 4.32. The molecule has 6 nitrogen and oxygen atoms in total. The first-order valence-electron chi connectivity index (χ1n) is 8.25. The van der Waals surface area contributed by atoms with Crippen molar-refractivity contribution in [1.29, 1.82) is 0 Å². The fourth-order valence-electron chi connectivity index (χ4n) is 2.83. The number of non-ortho nitro benzene ring substituents is 1. The number of quaternary nitrogens is 1. The van der Waals surface area contributed by atoms with Crippen LogP contribution < -0.4 is 10.2 Å². The molecule has 1 aliphatic rings. The van der Waals surface area contributed by atoms with Crippen LogP contribution in [-0.4, -0.2) is 23.4 Å². The first-order chi connectivity index (χ1) is 12.4. The van der Waals surface area contributed by atoms with E-state index in [1.54, 1.807) is 12.1 Å². The SMILES string of the molecule is O=C(C[NH+](Cc1ccc(F)cc1)C1CC1)Nc1ccc([N+](=O)[O-])cc1Cl. The van der Waals surface area contributed by atoms with Gasteiger partial charge in [-0.1, -0.05) is 23.7 Å². The summed E-state index contributed by atoms with van der Waals surface area (Å²) in [5.41, 5.74) is 1.18. The minimum Gasteiger partial charge on any atom is -0.321 e. The maximum atomic E-state index is 13.0. The Bertz CT molecular complexity index is 825. The summed E-state index contributed by atoms with van der Waals surface area (Å²) in [6.07, 6.45) is 2.12. The molecular formula is C18H18ClFN3O3+. The van der Waals surface area contributed by atoms with Crippen molar-refractivity contribution in [1.82, 2.24) is 0 Å². The van der Waals surface area contributed by atoms with Gasteiger partial charge in [-0.2, -0.15) is 0 Å². The summed E-state index contributed by atoms with van der Waals surface area (Å²) in [6, 6.07) is 10.6. The Morgan fingerprint density at radius 3 is 2.54 bits per heavy atom. The number of amides is 1. The van der Waals surface area contributed by atoms with Crippen LogP contribution >= 0.6 is 11.6 Å². The third kappa shape index (κ3) is 4.77. The van der Waals surface area contributed by atoms with Crippen molar-refractivity contribution in [3.8, 4) is 0 Å². The van der Waals surface area contributed by atoms with Gasteiger partial charge in [0.25, 0.3) is 11.6 Å². The largest absolute Gasteiger partial charge is 0.321 e. The maximum absolute atomic E-state index is 13.0. The highest BCUT2D eigenvalue weighted by Gasteiger charge is 2.34. The van der Waals surface area contributed by atoms with Crippen LogP contribution in [0.25, 0.3) is 0 Å². The summed E-state index contributed by atoms with van der Waals surface area (Å²) in [4.78, 5) is 23.7. The minimum absolute atomic E-state index is 0.124. The van der Waals surface area contributed by atoms with E-state index in [1.807, 2.05) is 0 Å². The summed E-state index contributed by atoms with van der Waals surface area (Å²) < 4.78 is 13.0. The van der Waals surface area contributed by atoms with E-state index in [4.69, 9.17) is 11.6 Å². The van der Waals surface area contributed by atoms with Gasteiger partial charge in [-0.05, 0) is 18.2 Å². The van der Waals surface area contributed by atoms with E-state index in [2.05, 4.69) is 5.32 Å². The molecule has 0 bridgehead atoms. The number of halogens is 2. The van der Waals surface area contributed by atoms with Crippen molar-refractivity contribution in [2.45, 2.75) is 25.4 Å². The van der Waals surface area contributed by atoms with Crippen LogP contribution in [0.1, 0.15) is 18.4 Å². The Labute approximate surface area is 154 Å². The molecule has 26 heavy (non-hydrogen) atoms. The van der Waals surface area contributed by atoms with Crippen molar-refractivity contribution < 1.29 is 19.0 Å². The van der Waals surface area contributed by atoms with Gasteiger partial charge in [0, 0.05) is 30.5 Å². The average molecular weight is 379 g/mol. The van der Waals surface area contributed by atoms with Crippen LogP contribution in [-0.2, 0) is 11.3 Å². The Hall–Kier alpha value is -2.51. The van der Waals surface area contributed by atoms with E-state index in [-0.39, 0.29) is 29.0 Å². The quantitative estimate of drug-likeness (QED) is 0.574. The van der Waals surface area contributed by atoms with Crippen LogP contribution in [0, 0.1) is 15.9 Å². The van der Waals surface area contributed by atoms with Crippen molar-refractivity contribution in [3.63, 3.8) is 0 Å². The molecule has 136 valence electrons. The third-order valence-corrected chi connectivity index (χ3v) is 4.64.